The topological polar surface area (TPSA) is 115 Å². The fourth-order valence-electron chi connectivity index (χ4n) is 2.35. The van der Waals surface area contributed by atoms with Crippen LogP contribution in [0.2, 0.25) is 0 Å². The minimum atomic E-state index is -4.41. The first-order chi connectivity index (χ1) is 14.5. The summed E-state index contributed by atoms with van der Waals surface area (Å²) in [6.45, 7) is 4.91. The molecule has 2 aromatic rings. The average molecular weight is 438 g/mol. The maximum atomic E-state index is 12.5. The molecular formula is C20H25F3N6O2. The van der Waals surface area contributed by atoms with E-state index in [0.29, 0.717) is 18.0 Å². The van der Waals surface area contributed by atoms with Crippen molar-refractivity contribution in [2.45, 2.75) is 33.0 Å². The van der Waals surface area contributed by atoms with Gasteiger partial charge in [-0.3, -0.25) is 15.1 Å². The molecule has 0 spiro atoms. The first-order valence-corrected chi connectivity index (χ1v) is 9.54. The Balaban J connectivity index is 1.97. The number of anilines is 1. The highest BCUT2D eigenvalue weighted by molar-refractivity contribution is 5.94. The molecule has 0 aliphatic rings. The number of ether oxygens (including phenoxy) is 1. The van der Waals surface area contributed by atoms with Gasteiger partial charge in [-0.1, -0.05) is 26.0 Å². The molecule has 0 bridgehead atoms. The van der Waals surface area contributed by atoms with Gasteiger partial charge in [-0.25, -0.2) is 9.97 Å². The normalized spacial score (nSPS) is 13.1. The van der Waals surface area contributed by atoms with E-state index in [-0.39, 0.29) is 23.4 Å². The fraction of sp³-hybridized carbons (Fsp3) is 0.400. The van der Waals surface area contributed by atoms with Crippen molar-refractivity contribution in [1.82, 2.24) is 15.3 Å². The molecule has 1 unspecified atom stereocenters. The molecule has 168 valence electrons. The standard InChI is InChI=1S/C20H25F3N6O2/c1-12(2)10-26-18(24)29-19-25-9-8-16(28-19)17(30)27-13(3)14-4-6-15(7-5-14)31-11-20(21,22)23/h4-9,12-13H,10-11H2,1-3H3,(H,27,30)(H3,24,25,26,28,29). The van der Waals surface area contributed by atoms with Crippen molar-refractivity contribution in [2.75, 3.05) is 18.5 Å². The van der Waals surface area contributed by atoms with Crippen molar-refractivity contribution in [2.24, 2.45) is 16.6 Å². The zero-order chi connectivity index (χ0) is 23.0. The van der Waals surface area contributed by atoms with Crippen LogP contribution in [0.1, 0.15) is 42.9 Å². The first kappa shape index (κ1) is 23.9. The monoisotopic (exact) mass is 438 g/mol. The van der Waals surface area contributed by atoms with Gasteiger partial charge in [-0.2, -0.15) is 13.2 Å². The lowest BCUT2D eigenvalue weighted by Gasteiger charge is -2.15. The summed E-state index contributed by atoms with van der Waals surface area (Å²) < 4.78 is 41.3. The summed E-state index contributed by atoms with van der Waals surface area (Å²) in [5.74, 6) is 0.255. The van der Waals surface area contributed by atoms with Crippen molar-refractivity contribution in [3.05, 3.63) is 47.8 Å². The number of nitrogens with one attached hydrogen (secondary N) is 2. The van der Waals surface area contributed by atoms with Crippen molar-refractivity contribution in [3.63, 3.8) is 0 Å². The van der Waals surface area contributed by atoms with E-state index in [2.05, 4.69) is 30.3 Å². The van der Waals surface area contributed by atoms with Gasteiger partial charge in [0.25, 0.3) is 5.91 Å². The highest BCUT2D eigenvalue weighted by Gasteiger charge is 2.28. The Morgan fingerprint density at radius 2 is 1.87 bits per heavy atom. The summed E-state index contributed by atoms with van der Waals surface area (Å²) in [5.41, 5.74) is 6.58. The SMILES string of the molecule is CC(C)CN=C(N)Nc1nccc(C(=O)NC(C)c2ccc(OCC(F)(F)F)cc2)n1. The lowest BCUT2D eigenvalue weighted by atomic mass is 10.1. The zero-order valence-electron chi connectivity index (χ0n) is 17.4. The summed E-state index contributed by atoms with van der Waals surface area (Å²) in [6, 6.07) is 7.01. The highest BCUT2D eigenvalue weighted by Crippen LogP contribution is 2.21. The Morgan fingerprint density at radius 3 is 2.48 bits per heavy atom. The van der Waals surface area contributed by atoms with Gasteiger partial charge in [0.1, 0.15) is 11.4 Å². The van der Waals surface area contributed by atoms with Crippen LogP contribution in [0.4, 0.5) is 19.1 Å². The third kappa shape index (κ3) is 8.49. The molecule has 31 heavy (non-hydrogen) atoms. The van der Waals surface area contributed by atoms with Crippen LogP contribution in [0, 0.1) is 5.92 Å². The number of guanidine groups is 1. The van der Waals surface area contributed by atoms with Crippen LogP contribution in [-0.2, 0) is 0 Å². The minimum Gasteiger partial charge on any atom is -0.484 e. The number of aromatic nitrogens is 2. The van der Waals surface area contributed by atoms with Crippen molar-refractivity contribution in [1.29, 1.82) is 0 Å². The van der Waals surface area contributed by atoms with E-state index in [1.54, 1.807) is 19.1 Å². The Labute approximate surface area is 178 Å². The second-order valence-corrected chi connectivity index (χ2v) is 7.18. The van der Waals surface area contributed by atoms with Crippen LogP contribution >= 0.6 is 0 Å². The second-order valence-electron chi connectivity index (χ2n) is 7.18. The maximum Gasteiger partial charge on any atom is 0.422 e. The predicted molar refractivity (Wildman–Crippen MR) is 111 cm³/mol. The molecule has 0 radical (unpaired) electrons. The molecule has 1 heterocycles. The molecule has 1 aromatic heterocycles. The summed E-state index contributed by atoms with van der Waals surface area (Å²) in [4.78, 5) is 24.8. The molecule has 0 aliphatic heterocycles. The molecule has 1 aromatic carbocycles. The van der Waals surface area contributed by atoms with Gasteiger partial charge in [0.2, 0.25) is 5.95 Å². The van der Waals surface area contributed by atoms with Gasteiger partial charge in [0, 0.05) is 12.7 Å². The van der Waals surface area contributed by atoms with E-state index in [9.17, 15) is 18.0 Å². The molecule has 1 atom stereocenters. The van der Waals surface area contributed by atoms with E-state index in [4.69, 9.17) is 5.73 Å². The fourth-order valence-corrected chi connectivity index (χ4v) is 2.35. The van der Waals surface area contributed by atoms with Crippen LogP contribution in [-0.4, -0.2) is 41.2 Å². The summed E-state index contributed by atoms with van der Waals surface area (Å²) >= 11 is 0. The van der Waals surface area contributed by atoms with Crippen molar-refractivity contribution in [3.8, 4) is 5.75 Å². The lowest BCUT2D eigenvalue weighted by molar-refractivity contribution is -0.153. The lowest BCUT2D eigenvalue weighted by Crippen LogP contribution is -2.29. The molecule has 2 rings (SSSR count). The molecule has 0 aliphatic carbocycles. The summed E-state index contributed by atoms with van der Waals surface area (Å²) in [7, 11) is 0. The van der Waals surface area contributed by atoms with E-state index in [1.165, 1.54) is 24.4 Å². The highest BCUT2D eigenvalue weighted by atomic mass is 19.4. The number of hydrogen-bond acceptors (Lipinski definition) is 5. The van der Waals surface area contributed by atoms with E-state index in [0.717, 1.165) is 0 Å². The van der Waals surface area contributed by atoms with Gasteiger partial charge >= 0.3 is 6.18 Å². The average Bonchev–Trinajstić information content (AvgIpc) is 2.70. The van der Waals surface area contributed by atoms with Gasteiger partial charge in [-0.05, 0) is 36.6 Å². The minimum absolute atomic E-state index is 0.0860. The third-order valence-electron chi connectivity index (χ3n) is 3.89. The molecule has 8 nitrogen and oxygen atoms in total. The van der Waals surface area contributed by atoms with Gasteiger partial charge in [-0.15, -0.1) is 0 Å². The van der Waals surface area contributed by atoms with Crippen LogP contribution in [0.3, 0.4) is 0 Å². The zero-order valence-corrected chi connectivity index (χ0v) is 17.4. The Hall–Kier alpha value is -3.37. The summed E-state index contributed by atoms with van der Waals surface area (Å²) in [5, 5.41) is 5.51. The number of aliphatic imine (C=N–C) groups is 1. The molecule has 0 saturated carbocycles. The molecule has 0 saturated heterocycles. The number of hydrogen-bond donors (Lipinski definition) is 3. The number of halogens is 3. The predicted octanol–water partition coefficient (Wildman–Crippen LogP) is 3.29. The molecule has 1 amide bonds. The molecule has 0 fully saturated rings. The number of rotatable bonds is 8. The maximum absolute atomic E-state index is 12.5. The third-order valence-corrected chi connectivity index (χ3v) is 3.89. The largest absolute Gasteiger partial charge is 0.484 e. The number of nitrogens with two attached hydrogens (primary N) is 1. The van der Waals surface area contributed by atoms with Crippen molar-refractivity contribution < 1.29 is 22.7 Å². The number of alkyl halides is 3. The van der Waals surface area contributed by atoms with Crippen LogP contribution in [0.25, 0.3) is 0 Å². The second kappa shape index (κ2) is 10.6. The van der Waals surface area contributed by atoms with Crippen LogP contribution < -0.4 is 21.1 Å². The molecule has 4 N–H and O–H groups in total. The number of amides is 1. The van der Waals surface area contributed by atoms with Crippen LogP contribution in [0.5, 0.6) is 5.75 Å². The van der Waals surface area contributed by atoms with E-state index in [1.807, 2.05) is 13.8 Å². The Kier molecular flexibility index (Phi) is 8.17. The Morgan fingerprint density at radius 1 is 1.19 bits per heavy atom. The number of nitrogens with zero attached hydrogens (tertiary/aromatic N) is 3. The van der Waals surface area contributed by atoms with Crippen LogP contribution in [0.15, 0.2) is 41.5 Å². The number of benzene rings is 1. The number of carbonyl (C=O) groups excluding carboxylic acids is 1. The van der Waals surface area contributed by atoms with Gasteiger partial charge < -0.3 is 15.8 Å². The first-order valence-electron chi connectivity index (χ1n) is 9.54. The molecule has 11 heteroatoms. The van der Waals surface area contributed by atoms with Crippen molar-refractivity contribution >= 4 is 17.8 Å². The van der Waals surface area contributed by atoms with Gasteiger partial charge in [0.05, 0.1) is 6.04 Å². The number of carbonyl (C=O) groups is 1. The smallest absolute Gasteiger partial charge is 0.422 e. The molecular weight excluding hydrogens is 413 g/mol. The quantitative estimate of drug-likeness (QED) is 0.430. The Bertz CT molecular complexity index is 901. The van der Waals surface area contributed by atoms with E-state index < -0.39 is 24.7 Å². The summed E-state index contributed by atoms with van der Waals surface area (Å²) in [6.07, 6.45) is -2.99. The van der Waals surface area contributed by atoms with E-state index >= 15 is 0 Å². The van der Waals surface area contributed by atoms with Gasteiger partial charge in [0.15, 0.2) is 12.6 Å².